The van der Waals surface area contributed by atoms with Gasteiger partial charge >= 0.3 is 0 Å². The third-order valence-corrected chi connectivity index (χ3v) is 5.17. The van der Waals surface area contributed by atoms with Crippen LogP contribution >= 0.6 is 0 Å². The van der Waals surface area contributed by atoms with Gasteiger partial charge in [-0.1, -0.05) is 0 Å². The highest BCUT2D eigenvalue weighted by atomic mass is 16.5. The molecule has 1 N–H and O–H groups in total. The van der Waals surface area contributed by atoms with Crippen LogP contribution in [0, 0.1) is 0 Å². The molecule has 3 rings (SSSR count). The molecule has 1 aromatic carbocycles. The molecule has 1 aliphatic heterocycles. The van der Waals surface area contributed by atoms with E-state index in [1.807, 2.05) is 0 Å². The molecule has 0 radical (unpaired) electrons. The van der Waals surface area contributed by atoms with E-state index >= 15 is 0 Å². The molecule has 2 amide bonds. The van der Waals surface area contributed by atoms with Gasteiger partial charge in [0.1, 0.15) is 11.8 Å². The van der Waals surface area contributed by atoms with E-state index in [4.69, 9.17) is 18.6 Å². The number of amides is 2. The zero-order valence-corrected chi connectivity index (χ0v) is 17.6. The van der Waals surface area contributed by atoms with Crippen LogP contribution in [0.25, 0.3) is 0 Å². The summed E-state index contributed by atoms with van der Waals surface area (Å²) in [6.45, 7) is 3.02. The quantitative estimate of drug-likeness (QED) is 0.676. The van der Waals surface area contributed by atoms with Crippen molar-refractivity contribution in [2.45, 2.75) is 38.5 Å². The van der Waals surface area contributed by atoms with Gasteiger partial charge in [-0.05, 0) is 50.1 Å². The maximum Gasteiger partial charge on any atom is 0.255 e. The Kier molecular flexibility index (Phi) is 7.35. The zero-order valence-electron chi connectivity index (χ0n) is 17.6. The summed E-state index contributed by atoms with van der Waals surface area (Å²) in [7, 11) is 3.04. The molecule has 1 fully saturated rings. The minimum Gasteiger partial charge on any atom is -0.493 e. The third-order valence-electron chi connectivity index (χ3n) is 5.17. The molecule has 1 aromatic heterocycles. The number of hydrogen-bond donors (Lipinski definition) is 1. The molecule has 2 heterocycles. The van der Waals surface area contributed by atoms with Crippen LogP contribution in [0.15, 0.2) is 41.0 Å². The summed E-state index contributed by atoms with van der Waals surface area (Å²) in [6.07, 6.45) is 3.49. The van der Waals surface area contributed by atoms with Gasteiger partial charge in [0.25, 0.3) is 5.91 Å². The maximum atomic E-state index is 13.3. The van der Waals surface area contributed by atoms with Gasteiger partial charge in [-0.3, -0.25) is 9.59 Å². The van der Waals surface area contributed by atoms with Crippen molar-refractivity contribution in [1.82, 2.24) is 10.2 Å². The Balaban J connectivity index is 1.78. The van der Waals surface area contributed by atoms with Gasteiger partial charge in [-0.15, -0.1) is 0 Å². The molecule has 8 heteroatoms. The number of rotatable bonds is 9. The molecule has 1 saturated heterocycles. The molecule has 0 spiro atoms. The van der Waals surface area contributed by atoms with E-state index < -0.39 is 6.04 Å². The number of nitrogens with zero attached hydrogens (tertiary/aromatic N) is 1. The lowest BCUT2D eigenvalue weighted by molar-refractivity contribution is -0.125. The molecular weight excluding hydrogens is 388 g/mol. The second kappa shape index (κ2) is 10.2. The highest BCUT2D eigenvalue weighted by Gasteiger charge is 2.29. The maximum absolute atomic E-state index is 13.3. The molecule has 30 heavy (non-hydrogen) atoms. The van der Waals surface area contributed by atoms with Crippen LogP contribution in [0.5, 0.6) is 11.5 Å². The Morgan fingerprint density at radius 2 is 2.03 bits per heavy atom. The fourth-order valence-electron chi connectivity index (χ4n) is 3.40. The van der Waals surface area contributed by atoms with Gasteiger partial charge < -0.3 is 28.8 Å². The van der Waals surface area contributed by atoms with Crippen molar-refractivity contribution in [1.29, 1.82) is 0 Å². The van der Waals surface area contributed by atoms with Gasteiger partial charge in [0.2, 0.25) is 5.91 Å². The average Bonchev–Trinajstić information content (AvgIpc) is 3.48. The predicted molar refractivity (Wildman–Crippen MR) is 110 cm³/mol. The Hall–Kier alpha value is -3.00. The summed E-state index contributed by atoms with van der Waals surface area (Å²) in [5, 5.41) is 2.90. The van der Waals surface area contributed by atoms with E-state index in [-0.39, 0.29) is 24.5 Å². The largest absolute Gasteiger partial charge is 0.493 e. The van der Waals surface area contributed by atoms with Gasteiger partial charge in [0.15, 0.2) is 11.5 Å². The second-order valence-corrected chi connectivity index (χ2v) is 7.14. The zero-order chi connectivity index (χ0) is 21.5. The SMILES string of the molecule is COc1ccc(C(=O)N(Cc2ccco2)[C@@H](C)C(=O)NC[C@@H]2CCCO2)cc1OC. The Bertz CT molecular complexity index is 845. The number of carbonyl (C=O) groups excluding carboxylic acids is 2. The van der Waals surface area contributed by atoms with E-state index in [2.05, 4.69) is 5.32 Å². The molecule has 0 bridgehead atoms. The predicted octanol–water partition coefficient (Wildman–Crippen LogP) is 2.62. The second-order valence-electron chi connectivity index (χ2n) is 7.14. The summed E-state index contributed by atoms with van der Waals surface area (Å²) in [5.41, 5.74) is 0.387. The van der Waals surface area contributed by atoms with Gasteiger partial charge in [0.05, 0.1) is 33.1 Å². The lowest BCUT2D eigenvalue weighted by Gasteiger charge is -2.28. The van der Waals surface area contributed by atoms with Crippen molar-refractivity contribution in [3.05, 3.63) is 47.9 Å². The van der Waals surface area contributed by atoms with Gasteiger partial charge in [-0.2, -0.15) is 0 Å². The van der Waals surface area contributed by atoms with E-state index in [0.717, 1.165) is 19.4 Å². The number of benzene rings is 1. The van der Waals surface area contributed by atoms with Crippen LogP contribution in [0.4, 0.5) is 0 Å². The normalized spacial score (nSPS) is 16.7. The van der Waals surface area contributed by atoms with Crippen LogP contribution in [0.1, 0.15) is 35.9 Å². The van der Waals surface area contributed by atoms with Crippen molar-refractivity contribution in [3.8, 4) is 11.5 Å². The molecule has 0 saturated carbocycles. The van der Waals surface area contributed by atoms with Crippen LogP contribution in [-0.4, -0.2) is 56.2 Å². The summed E-state index contributed by atoms with van der Waals surface area (Å²) < 4.78 is 21.5. The lowest BCUT2D eigenvalue weighted by Crippen LogP contribution is -2.48. The molecule has 0 aliphatic carbocycles. The first kappa shape index (κ1) is 21.7. The number of ether oxygens (including phenoxy) is 3. The molecule has 1 aliphatic rings. The van der Waals surface area contributed by atoms with Gasteiger partial charge in [0, 0.05) is 18.7 Å². The first-order valence-electron chi connectivity index (χ1n) is 9.98. The molecule has 2 aromatic rings. The topological polar surface area (TPSA) is 90.2 Å². The first-order valence-corrected chi connectivity index (χ1v) is 9.98. The fraction of sp³-hybridized carbons (Fsp3) is 0.455. The fourth-order valence-corrected chi connectivity index (χ4v) is 3.40. The minimum atomic E-state index is -0.711. The van der Waals surface area contributed by atoms with Crippen LogP contribution in [-0.2, 0) is 16.1 Å². The van der Waals surface area contributed by atoms with Crippen molar-refractivity contribution in [2.24, 2.45) is 0 Å². The van der Waals surface area contributed by atoms with Crippen molar-refractivity contribution in [3.63, 3.8) is 0 Å². The summed E-state index contributed by atoms with van der Waals surface area (Å²) in [6, 6.07) is 7.72. The molecule has 8 nitrogen and oxygen atoms in total. The standard InChI is InChI=1S/C22H28N2O6/c1-15(21(25)23-13-17-6-4-10-29-17)24(14-18-7-5-11-30-18)22(26)16-8-9-19(27-2)20(12-16)28-3/h5,7-9,11-12,15,17H,4,6,10,13-14H2,1-3H3,(H,23,25)/t15-,17-/m0/s1. The Morgan fingerprint density at radius 1 is 1.23 bits per heavy atom. The summed E-state index contributed by atoms with van der Waals surface area (Å²) in [4.78, 5) is 27.6. The van der Waals surface area contributed by atoms with Gasteiger partial charge in [-0.25, -0.2) is 0 Å². The molecular formula is C22H28N2O6. The summed E-state index contributed by atoms with van der Waals surface area (Å²) >= 11 is 0. The van der Waals surface area contributed by atoms with E-state index in [0.29, 0.717) is 29.4 Å². The number of furan rings is 1. The number of methoxy groups -OCH3 is 2. The van der Waals surface area contributed by atoms with E-state index in [1.165, 1.54) is 25.4 Å². The molecule has 162 valence electrons. The van der Waals surface area contributed by atoms with Crippen molar-refractivity contribution < 1.29 is 28.2 Å². The number of carbonyl (C=O) groups is 2. The smallest absolute Gasteiger partial charge is 0.255 e. The highest BCUT2D eigenvalue weighted by molar-refractivity contribution is 5.98. The minimum absolute atomic E-state index is 0.0289. The Labute approximate surface area is 176 Å². The third kappa shape index (κ3) is 5.13. The van der Waals surface area contributed by atoms with Crippen LogP contribution in [0.2, 0.25) is 0 Å². The van der Waals surface area contributed by atoms with E-state index in [9.17, 15) is 9.59 Å². The first-order chi connectivity index (χ1) is 14.5. The average molecular weight is 416 g/mol. The number of nitrogens with one attached hydrogen (secondary N) is 1. The van der Waals surface area contributed by atoms with Crippen LogP contribution in [0.3, 0.4) is 0 Å². The van der Waals surface area contributed by atoms with Crippen molar-refractivity contribution >= 4 is 11.8 Å². The van der Waals surface area contributed by atoms with Crippen LogP contribution < -0.4 is 14.8 Å². The van der Waals surface area contributed by atoms with Crippen molar-refractivity contribution in [2.75, 3.05) is 27.4 Å². The molecule has 2 atom stereocenters. The number of hydrogen-bond acceptors (Lipinski definition) is 6. The monoisotopic (exact) mass is 416 g/mol. The van der Waals surface area contributed by atoms with E-state index in [1.54, 1.807) is 37.3 Å². The lowest BCUT2D eigenvalue weighted by atomic mass is 10.1. The highest BCUT2D eigenvalue weighted by Crippen LogP contribution is 2.28. The molecule has 0 unspecified atom stereocenters. The summed E-state index contributed by atoms with van der Waals surface area (Å²) in [5.74, 6) is 0.992. The Morgan fingerprint density at radius 3 is 2.67 bits per heavy atom.